The molecule has 0 fully saturated rings. The predicted octanol–water partition coefficient (Wildman–Crippen LogP) is 3.12. The Bertz CT molecular complexity index is 964. The van der Waals surface area contributed by atoms with Gasteiger partial charge in [-0.25, -0.2) is 0 Å². The van der Waals surface area contributed by atoms with Crippen molar-refractivity contribution in [2.75, 3.05) is 13.2 Å². The Morgan fingerprint density at radius 1 is 1.07 bits per heavy atom. The largest absolute Gasteiger partial charge is 0.486 e. The molecule has 0 saturated heterocycles. The van der Waals surface area contributed by atoms with E-state index < -0.39 is 0 Å². The lowest BCUT2D eigenvalue weighted by atomic mass is 10.0. The first kappa shape index (κ1) is 17.2. The molecule has 3 aromatic rings. The maximum atomic E-state index is 12.5. The number of hydrogen-bond donors (Lipinski definition) is 0. The van der Waals surface area contributed by atoms with Gasteiger partial charge in [0.05, 0.1) is 0 Å². The molecule has 2 heterocycles. The molecule has 7 heteroatoms. The number of nitrogens with zero attached hydrogens (tertiary/aromatic N) is 4. The summed E-state index contributed by atoms with van der Waals surface area (Å²) in [4.78, 5) is 13.9. The predicted molar refractivity (Wildman–Crippen MR) is 99.1 cm³/mol. The third kappa shape index (κ3) is 3.67. The molecule has 0 spiro atoms. The lowest BCUT2D eigenvalue weighted by Crippen LogP contribution is -2.17. The standard InChI is InChI=1S/C20H20N4O3/c1-13(2)14-3-5-15(6-4-14)20-21-23-24(22-20)12-17(25)16-7-8-18-19(11-16)27-10-9-26-18/h3-8,11,13H,9-10,12H2,1-2H3. The van der Waals surface area contributed by atoms with Gasteiger partial charge in [0.2, 0.25) is 5.82 Å². The Hall–Kier alpha value is -3.22. The van der Waals surface area contributed by atoms with Crippen LogP contribution in [-0.4, -0.2) is 39.2 Å². The maximum absolute atomic E-state index is 12.5. The molecular formula is C20H20N4O3. The van der Waals surface area contributed by atoms with Crippen molar-refractivity contribution in [1.29, 1.82) is 0 Å². The molecule has 0 saturated carbocycles. The minimum Gasteiger partial charge on any atom is -0.486 e. The van der Waals surface area contributed by atoms with Crippen molar-refractivity contribution in [2.45, 2.75) is 26.3 Å². The Morgan fingerprint density at radius 2 is 1.81 bits per heavy atom. The smallest absolute Gasteiger partial charge is 0.204 e. The van der Waals surface area contributed by atoms with E-state index in [9.17, 15) is 4.79 Å². The van der Waals surface area contributed by atoms with Gasteiger partial charge in [-0.2, -0.15) is 4.80 Å². The number of aromatic nitrogens is 4. The zero-order valence-electron chi connectivity index (χ0n) is 15.3. The highest BCUT2D eigenvalue weighted by Gasteiger charge is 2.16. The molecule has 0 atom stereocenters. The van der Waals surface area contributed by atoms with Crippen molar-refractivity contribution in [1.82, 2.24) is 20.2 Å². The van der Waals surface area contributed by atoms with E-state index in [0.717, 1.165) is 5.56 Å². The van der Waals surface area contributed by atoms with Crippen molar-refractivity contribution in [3.05, 3.63) is 53.6 Å². The quantitative estimate of drug-likeness (QED) is 0.647. The lowest BCUT2D eigenvalue weighted by Gasteiger charge is -2.18. The lowest BCUT2D eigenvalue weighted by molar-refractivity contribution is 0.0960. The van der Waals surface area contributed by atoms with E-state index in [1.807, 2.05) is 12.1 Å². The van der Waals surface area contributed by atoms with Crippen LogP contribution in [0.3, 0.4) is 0 Å². The number of carbonyl (C=O) groups excluding carboxylic acids is 1. The number of rotatable bonds is 5. The molecule has 0 amide bonds. The number of ether oxygens (including phenoxy) is 2. The first-order chi connectivity index (χ1) is 13.1. The van der Waals surface area contributed by atoms with Gasteiger partial charge in [0, 0.05) is 11.1 Å². The summed E-state index contributed by atoms with van der Waals surface area (Å²) < 4.78 is 11.0. The van der Waals surface area contributed by atoms with Gasteiger partial charge in [0.15, 0.2) is 17.3 Å². The highest BCUT2D eigenvalue weighted by molar-refractivity contribution is 5.96. The van der Waals surface area contributed by atoms with Crippen LogP contribution in [0.25, 0.3) is 11.4 Å². The Balaban J connectivity index is 1.48. The van der Waals surface area contributed by atoms with Crippen molar-refractivity contribution >= 4 is 5.78 Å². The normalized spacial score (nSPS) is 13.0. The van der Waals surface area contributed by atoms with Crippen LogP contribution in [0.15, 0.2) is 42.5 Å². The topological polar surface area (TPSA) is 79.1 Å². The fourth-order valence-corrected chi connectivity index (χ4v) is 2.88. The molecule has 27 heavy (non-hydrogen) atoms. The zero-order valence-corrected chi connectivity index (χ0v) is 15.3. The van der Waals surface area contributed by atoms with Crippen LogP contribution in [0.4, 0.5) is 0 Å². The Morgan fingerprint density at radius 3 is 2.56 bits per heavy atom. The van der Waals surface area contributed by atoms with Gasteiger partial charge in [0.25, 0.3) is 0 Å². The molecule has 1 aromatic heterocycles. The summed E-state index contributed by atoms with van der Waals surface area (Å²) in [6.45, 7) is 5.30. The molecule has 1 aliphatic heterocycles. The fraction of sp³-hybridized carbons (Fsp3) is 0.300. The van der Waals surface area contributed by atoms with E-state index in [4.69, 9.17) is 9.47 Å². The minimum atomic E-state index is -0.119. The SMILES string of the molecule is CC(C)c1ccc(-c2nnn(CC(=O)c3ccc4c(c3)OCCO4)n2)cc1. The summed E-state index contributed by atoms with van der Waals surface area (Å²) >= 11 is 0. The second kappa shape index (κ2) is 7.19. The van der Waals surface area contributed by atoms with Gasteiger partial charge in [-0.15, -0.1) is 10.2 Å². The average molecular weight is 364 g/mol. The van der Waals surface area contributed by atoms with Crippen LogP contribution in [-0.2, 0) is 6.54 Å². The molecule has 0 radical (unpaired) electrons. The first-order valence-corrected chi connectivity index (χ1v) is 8.91. The number of Topliss-reactive ketones (excluding diaryl/α,β-unsaturated/α-hetero) is 1. The van der Waals surface area contributed by atoms with Gasteiger partial charge in [0.1, 0.15) is 19.8 Å². The highest BCUT2D eigenvalue weighted by atomic mass is 16.6. The van der Waals surface area contributed by atoms with Crippen LogP contribution >= 0.6 is 0 Å². The van der Waals surface area contributed by atoms with Crippen LogP contribution in [0, 0.1) is 0 Å². The number of benzene rings is 2. The number of tetrazole rings is 1. The number of fused-ring (bicyclic) bond motifs is 1. The first-order valence-electron chi connectivity index (χ1n) is 8.91. The summed E-state index contributed by atoms with van der Waals surface area (Å²) in [6.07, 6.45) is 0. The summed E-state index contributed by atoms with van der Waals surface area (Å²) in [5.41, 5.74) is 2.65. The second-order valence-corrected chi connectivity index (χ2v) is 6.70. The van der Waals surface area contributed by atoms with E-state index in [1.165, 1.54) is 10.4 Å². The maximum Gasteiger partial charge on any atom is 0.204 e. The molecule has 0 unspecified atom stereocenters. The summed E-state index contributed by atoms with van der Waals surface area (Å²) in [6, 6.07) is 13.2. The summed E-state index contributed by atoms with van der Waals surface area (Å²) in [5.74, 6) is 2.09. The second-order valence-electron chi connectivity index (χ2n) is 6.70. The third-order valence-electron chi connectivity index (χ3n) is 4.44. The third-order valence-corrected chi connectivity index (χ3v) is 4.44. The van der Waals surface area contributed by atoms with E-state index in [1.54, 1.807) is 18.2 Å². The van der Waals surface area contributed by atoms with Crippen LogP contribution in [0.5, 0.6) is 11.5 Å². The molecule has 0 aliphatic carbocycles. The highest BCUT2D eigenvalue weighted by Crippen LogP contribution is 2.31. The molecule has 1 aliphatic rings. The summed E-state index contributed by atoms with van der Waals surface area (Å²) in [5, 5.41) is 12.4. The molecule has 4 rings (SSSR count). The van der Waals surface area contributed by atoms with E-state index in [0.29, 0.717) is 42.0 Å². The molecule has 2 aromatic carbocycles. The Kier molecular flexibility index (Phi) is 4.58. The van der Waals surface area contributed by atoms with Gasteiger partial charge < -0.3 is 9.47 Å². The van der Waals surface area contributed by atoms with Crippen LogP contribution < -0.4 is 9.47 Å². The van der Waals surface area contributed by atoms with Crippen molar-refractivity contribution < 1.29 is 14.3 Å². The van der Waals surface area contributed by atoms with Gasteiger partial charge in [-0.1, -0.05) is 38.1 Å². The van der Waals surface area contributed by atoms with Crippen LogP contribution in [0.2, 0.25) is 0 Å². The number of hydrogen-bond acceptors (Lipinski definition) is 6. The molecule has 138 valence electrons. The average Bonchev–Trinajstić information content (AvgIpc) is 3.16. The number of carbonyl (C=O) groups is 1. The van der Waals surface area contributed by atoms with E-state index in [-0.39, 0.29) is 12.3 Å². The van der Waals surface area contributed by atoms with Crippen molar-refractivity contribution in [2.24, 2.45) is 0 Å². The van der Waals surface area contributed by atoms with Crippen LogP contribution in [0.1, 0.15) is 35.7 Å². The van der Waals surface area contributed by atoms with Crippen molar-refractivity contribution in [3.63, 3.8) is 0 Å². The fourth-order valence-electron chi connectivity index (χ4n) is 2.88. The van der Waals surface area contributed by atoms with E-state index in [2.05, 4.69) is 41.4 Å². The van der Waals surface area contributed by atoms with Gasteiger partial charge >= 0.3 is 0 Å². The molecule has 0 N–H and O–H groups in total. The van der Waals surface area contributed by atoms with Gasteiger partial charge in [-0.05, 0) is 34.9 Å². The van der Waals surface area contributed by atoms with E-state index >= 15 is 0 Å². The monoisotopic (exact) mass is 364 g/mol. The zero-order chi connectivity index (χ0) is 18.8. The summed E-state index contributed by atoms with van der Waals surface area (Å²) in [7, 11) is 0. The number of ketones is 1. The minimum absolute atomic E-state index is 0.0106. The molecule has 0 bridgehead atoms. The Labute approximate surface area is 156 Å². The molecular weight excluding hydrogens is 344 g/mol. The van der Waals surface area contributed by atoms with Crippen molar-refractivity contribution in [3.8, 4) is 22.9 Å². The molecule has 7 nitrogen and oxygen atoms in total. The van der Waals surface area contributed by atoms with Gasteiger partial charge in [-0.3, -0.25) is 4.79 Å².